The number of carbonyl (C=O) groups excluding carboxylic acids is 1. The molecule has 0 spiro atoms. The van der Waals surface area contributed by atoms with E-state index in [2.05, 4.69) is 20.5 Å². The van der Waals surface area contributed by atoms with Crippen LogP contribution in [0.2, 0.25) is 0 Å². The highest BCUT2D eigenvalue weighted by molar-refractivity contribution is 6.02. The number of nitrogens with two attached hydrogens (primary N) is 1. The summed E-state index contributed by atoms with van der Waals surface area (Å²) in [6, 6.07) is 7.61. The molecule has 12 heteroatoms. The average Bonchev–Trinajstić information content (AvgIpc) is 3.44. The molecule has 37 heavy (non-hydrogen) atoms. The lowest BCUT2D eigenvalue weighted by Crippen LogP contribution is -2.45. The van der Waals surface area contributed by atoms with Crippen molar-refractivity contribution in [2.75, 3.05) is 13.6 Å². The summed E-state index contributed by atoms with van der Waals surface area (Å²) in [5.41, 5.74) is 6.23. The fourth-order valence-corrected chi connectivity index (χ4v) is 5.58. The van der Waals surface area contributed by atoms with Gasteiger partial charge in [-0.2, -0.15) is 13.2 Å². The highest BCUT2D eigenvalue weighted by Gasteiger charge is 2.51. The van der Waals surface area contributed by atoms with Crippen molar-refractivity contribution in [2.24, 2.45) is 5.73 Å². The van der Waals surface area contributed by atoms with Gasteiger partial charge in [0.05, 0.1) is 17.6 Å². The molecule has 1 aromatic carbocycles. The quantitative estimate of drug-likeness (QED) is 0.547. The molecule has 0 saturated heterocycles. The Morgan fingerprint density at radius 3 is 2.62 bits per heavy atom. The van der Waals surface area contributed by atoms with Crippen LogP contribution in [0.4, 0.5) is 13.2 Å². The molecule has 192 valence electrons. The first-order chi connectivity index (χ1) is 17.7. The van der Waals surface area contributed by atoms with Gasteiger partial charge in [0.1, 0.15) is 17.6 Å². The highest BCUT2D eigenvalue weighted by atomic mass is 19.4. The summed E-state index contributed by atoms with van der Waals surface area (Å²) >= 11 is 0. The highest BCUT2D eigenvalue weighted by Crippen LogP contribution is 2.49. The fraction of sp³-hybridized carbons (Fsp3) is 0.360. The van der Waals surface area contributed by atoms with E-state index in [4.69, 9.17) is 5.73 Å². The number of carbonyl (C=O) groups is 1. The molecule has 1 saturated carbocycles. The number of alkyl halides is 3. The number of rotatable bonds is 5. The Morgan fingerprint density at radius 2 is 1.95 bits per heavy atom. The lowest BCUT2D eigenvalue weighted by atomic mass is 9.78. The molecule has 2 aromatic heterocycles. The van der Waals surface area contributed by atoms with Crippen molar-refractivity contribution >= 4 is 11.5 Å². The van der Waals surface area contributed by atoms with Crippen molar-refractivity contribution in [1.29, 1.82) is 0 Å². The van der Waals surface area contributed by atoms with Crippen LogP contribution in [0.3, 0.4) is 0 Å². The van der Waals surface area contributed by atoms with Crippen LogP contribution in [0.15, 0.2) is 61.0 Å². The predicted octanol–water partition coefficient (Wildman–Crippen LogP) is 2.66. The zero-order chi connectivity index (χ0) is 25.9. The zero-order valence-corrected chi connectivity index (χ0v) is 20.0. The molecule has 1 aliphatic carbocycles. The number of primary amides is 1. The average molecular weight is 511 g/mol. The maximum atomic E-state index is 14.1. The van der Waals surface area contributed by atoms with Crippen molar-refractivity contribution in [2.45, 2.75) is 43.1 Å². The Labute approximate surface area is 210 Å². The molecule has 1 fully saturated rings. The number of dihydropyridines is 1. The van der Waals surface area contributed by atoms with Gasteiger partial charge in [-0.3, -0.25) is 9.69 Å². The number of hydrogen-bond donors (Lipinski definition) is 2. The monoisotopic (exact) mass is 510 g/mol. The number of allylic oxidation sites excluding steroid dienone is 2. The van der Waals surface area contributed by atoms with Crippen LogP contribution in [0.5, 0.6) is 0 Å². The number of imidazole rings is 1. The van der Waals surface area contributed by atoms with Gasteiger partial charge in [0.15, 0.2) is 11.9 Å². The summed E-state index contributed by atoms with van der Waals surface area (Å²) in [6.07, 6.45) is 4.17. The van der Waals surface area contributed by atoms with Gasteiger partial charge in [-0.1, -0.05) is 30.3 Å². The van der Waals surface area contributed by atoms with Crippen LogP contribution < -0.4 is 11.1 Å². The van der Waals surface area contributed by atoms with Gasteiger partial charge < -0.3 is 20.2 Å². The standard InChI is InChI=1S/C25H25F3N8O/c1-34-12-9-17-19(21(34)25(26,27)28)31-13-36(17)24(15-5-3-2-4-6-15)10-11-30-20(22(29)37)18(24)23-33-32-14-35(23)16-7-8-16/h2-6,10-11,13-14,16,21,30H,7-9,12H2,1H3,(H2,29,37). The largest absolute Gasteiger partial charge is 0.409 e. The van der Waals surface area contributed by atoms with Gasteiger partial charge >= 0.3 is 6.18 Å². The number of aromatic nitrogens is 5. The molecule has 3 aromatic rings. The van der Waals surface area contributed by atoms with Crippen LogP contribution in [0, 0.1) is 0 Å². The summed E-state index contributed by atoms with van der Waals surface area (Å²) < 4.78 is 46.1. The Balaban J connectivity index is 1.67. The minimum atomic E-state index is -4.50. The molecule has 2 unspecified atom stereocenters. The smallest absolute Gasteiger partial charge is 0.364 e. The maximum absolute atomic E-state index is 14.1. The number of hydrogen-bond acceptors (Lipinski definition) is 6. The van der Waals surface area contributed by atoms with Gasteiger partial charge in [0.25, 0.3) is 5.91 Å². The van der Waals surface area contributed by atoms with Gasteiger partial charge in [0, 0.05) is 30.9 Å². The first-order valence-corrected chi connectivity index (χ1v) is 12.0. The second-order valence-corrected chi connectivity index (χ2v) is 9.64. The first kappa shape index (κ1) is 23.5. The van der Waals surface area contributed by atoms with E-state index in [1.54, 1.807) is 17.1 Å². The van der Waals surface area contributed by atoms with E-state index in [-0.39, 0.29) is 24.0 Å². The predicted molar refractivity (Wildman–Crippen MR) is 128 cm³/mol. The third-order valence-corrected chi connectivity index (χ3v) is 7.37. The lowest BCUT2D eigenvalue weighted by molar-refractivity contribution is -0.186. The van der Waals surface area contributed by atoms with Gasteiger partial charge in [-0.15, -0.1) is 10.2 Å². The second kappa shape index (κ2) is 8.30. The number of amides is 1. The molecule has 2 aliphatic heterocycles. The van der Waals surface area contributed by atoms with E-state index >= 15 is 0 Å². The van der Waals surface area contributed by atoms with Crippen LogP contribution in [0.25, 0.3) is 5.57 Å². The third-order valence-electron chi connectivity index (χ3n) is 7.37. The molecule has 6 rings (SSSR count). The fourth-order valence-electron chi connectivity index (χ4n) is 5.58. The van der Waals surface area contributed by atoms with Crippen LogP contribution in [0.1, 0.15) is 47.7 Å². The minimum absolute atomic E-state index is 0.0490. The van der Waals surface area contributed by atoms with E-state index in [1.165, 1.54) is 18.3 Å². The lowest BCUT2D eigenvalue weighted by Gasteiger charge is -2.41. The Hall–Kier alpha value is -3.93. The number of likely N-dealkylation sites (N-methyl/N-ethyl adjacent to an activating group) is 1. The van der Waals surface area contributed by atoms with E-state index < -0.39 is 23.7 Å². The van der Waals surface area contributed by atoms with Crippen molar-refractivity contribution in [3.63, 3.8) is 0 Å². The van der Waals surface area contributed by atoms with Crippen molar-refractivity contribution in [3.05, 3.63) is 83.7 Å². The molecule has 0 radical (unpaired) electrons. The van der Waals surface area contributed by atoms with Crippen molar-refractivity contribution in [1.82, 2.24) is 34.5 Å². The number of nitrogens with zero attached hydrogens (tertiary/aromatic N) is 6. The Kier molecular flexibility index (Phi) is 5.26. The molecule has 3 N–H and O–H groups in total. The summed E-state index contributed by atoms with van der Waals surface area (Å²) in [6.45, 7) is 0.190. The molecule has 1 amide bonds. The molecular weight excluding hydrogens is 485 g/mol. The topological polar surface area (TPSA) is 107 Å². The normalized spacial score (nSPS) is 24.2. The van der Waals surface area contributed by atoms with E-state index in [0.717, 1.165) is 18.4 Å². The molecule has 4 heterocycles. The molecular formula is C25H25F3N8O. The van der Waals surface area contributed by atoms with E-state index in [0.29, 0.717) is 23.5 Å². The van der Waals surface area contributed by atoms with Gasteiger partial charge in [-0.05, 0) is 31.5 Å². The number of benzene rings is 1. The number of fused-ring (bicyclic) bond motifs is 1. The summed E-state index contributed by atoms with van der Waals surface area (Å²) in [4.78, 5) is 18.4. The molecule has 0 bridgehead atoms. The molecule has 2 atom stereocenters. The van der Waals surface area contributed by atoms with Gasteiger partial charge in [-0.25, -0.2) is 4.98 Å². The minimum Gasteiger partial charge on any atom is -0.364 e. The zero-order valence-electron chi connectivity index (χ0n) is 20.0. The van der Waals surface area contributed by atoms with Crippen LogP contribution in [-0.2, 0) is 16.8 Å². The summed E-state index contributed by atoms with van der Waals surface area (Å²) in [5.74, 6) is -0.286. The third kappa shape index (κ3) is 3.57. The van der Waals surface area contributed by atoms with E-state index in [1.807, 2.05) is 41.0 Å². The number of nitrogens with one attached hydrogen (secondary N) is 1. The van der Waals surface area contributed by atoms with Crippen molar-refractivity contribution in [3.8, 4) is 0 Å². The number of halogens is 3. The summed E-state index contributed by atoms with van der Waals surface area (Å²) in [7, 11) is 1.45. The van der Waals surface area contributed by atoms with Crippen LogP contribution in [-0.4, -0.2) is 54.9 Å². The SMILES string of the molecule is CN1CCc2c(ncn2C2(c3ccccc3)C=CNC(C(N)=O)=C2c2nncn2C2CC2)C1C(F)(F)F. The van der Waals surface area contributed by atoms with Crippen molar-refractivity contribution < 1.29 is 18.0 Å². The van der Waals surface area contributed by atoms with Gasteiger partial charge in [0.2, 0.25) is 0 Å². The van der Waals surface area contributed by atoms with Crippen LogP contribution >= 0.6 is 0 Å². The summed E-state index contributed by atoms with van der Waals surface area (Å²) in [5, 5.41) is 11.5. The Morgan fingerprint density at radius 1 is 1.19 bits per heavy atom. The molecule has 9 nitrogen and oxygen atoms in total. The maximum Gasteiger partial charge on any atom is 0.409 e. The Bertz CT molecular complexity index is 1420. The second-order valence-electron chi connectivity index (χ2n) is 9.64. The van der Waals surface area contributed by atoms with E-state index in [9.17, 15) is 18.0 Å². The first-order valence-electron chi connectivity index (χ1n) is 12.0. The molecule has 3 aliphatic rings.